The average Bonchev–Trinajstić information content (AvgIpc) is 3.57. The van der Waals surface area contributed by atoms with Gasteiger partial charge in [0.25, 0.3) is 5.91 Å². The Labute approximate surface area is 219 Å². The van der Waals surface area contributed by atoms with E-state index in [1.165, 1.54) is 30.0 Å². The number of amides is 2. The molecular formula is C27H33F3N4O2S. The SMILES string of the molecule is O=C(NC(CC1CCCCC1)C(=O)NC1CC1)c1cnc(CN2CCCc3ccc(C(F)(F)F)cc32)s1. The average molecular weight is 535 g/mol. The number of hydrogen-bond acceptors (Lipinski definition) is 5. The van der Waals surface area contributed by atoms with Gasteiger partial charge in [-0.25, -0.2) is 4.98 Å². The van der Waals surface area contributed by atoms with E-state index in [-0.39, 0.29) is 17.9 Å². The zero-order valence-corrected chi connectivity index (χ0v) is 21.6. The smallest absolute Gasteiger partial charge is 0.365 e. The van der Waals surface area contributed by atoms with E-state index in [0.29, 0.717) is 41.0 Å². The highest BCUT2D eigenvalue weighted by molar-refractivity contribution is 7.13. The van der Waals surface area contributed by atoms with Gasteiger partial charge in [-0.05, 0) is 55.7 Å². The number of rotatable bonds is 8. The lowest BCUT2D eigenvalue weighted by molar-refractivity contribution is -0.137. The molecule has 37 heavy (non-hydrogen) atoms. The number of carbonyl (C=O) groups excluding carboxylic acids is 2. The molecule has 5 rings (SSSR count). The van der Waals surface area contributed by atoms with Gasteiger partial charge in [-0.3, -0.25) is 9.59 Å². The van der Waals surface area contributed by atoms with Crippen molar-refractivity contribution < 1.29 is 22.8 Å². The molecule has 3 aliphatic rings. The van der Waals surface area contributed by atoms with Gasteiger partial charge in [0.1, 0.15) is 15.9 Å². The Balaban J connectivity index is 1.25. The van der Waals surface area contributed by atoms with Crippen LogP contribution in [0, 0.1) is 5.92 Å². The molecule has 1 aromatic heterocycles. The van der Waals surface area contributed by atoms with E-state index in [2.05, 4.69) is 15.6 Å². The number of aryl methyl sites for hydroxylation is 1. The van der Waals surface area contributed by atoms with E-state index < -0.39 is 17.8 Å². The molecule has 1 atom stereocenters. The fraction of sp³-hybridized carbons (Fsp3) is 0.593. The first-order chi connectivity index (χ1) is 17.8. The molecule has 0 spiro atoms. The second kappa shape index (κ2) is 11.0. The van der Waals surface area contributed by atoms with Gasteiger partial charge in [-0.2, -0.15) is 13.2 Å². The van der Waals surface area contributed by atoms with Gasteiger partial charge in [0, 0.05) is 18.3 Å². The van der Waals surface area contributed by atoms with Gasteiger partial charge in [0.05, 0.1) is 18.3 Å². The highest BCUT2D eigenvalue weighted by Crippen LogP contribution is 2.36. The lowest BCUT2D eigenvalue weighted by Crippen LogP contribution is -2.48. The van der Waals surface area contributed by atoms with Crippen LogP contribution in [0.4, 0.5) is 18.9 Å². The van der Waals surface area contributed by atoms with Gasteiger partial charge in [-0.1, -0.05) is 38.2 Å². The lowest BCUT2D eigenvalue weighted by Gasteiger charge is -2.31. The number of fused-ring (bicyclic) bond motifs is 1. The van der Waals surface area contributed by atoms with E-state index in [4.69, 9.17) is 0 Å². The summed E-state index contributed by atoms with van der Waals surface area (Å²) in [5.41, 5.74) is 0.804. The molecular weight excluding hydrogens is 501 g/mol. The van der Waals surface area contributed by atoms with Crippen LogP contribution in [0.15, 0.2) is 24.4 Å². The summed E-state index contributed by atoms with van der Waals surface area (Å²) in [6.07, 6.45) is 7.02. The number of benzene rings is 1. The Bertz CT molecular complexity index is 1130. The number of alkyl halides is 3. The minimum Gasteiger partial charge on any atom is -0.365 e. The number of aromatic nitrogens is 1. The van der Waals surface area contributed by atoms with Gasteiger partial charge < -0.3 is 15.5 Å². The molecule has 6 nitrogen and oxygen atoms in total. The molecule has 2 amide bonds. The number of nitrogens with zero attached hydrogens (tertiary/aromatic N) is 2. The first kappa shape index (κ1) is 26.0. The molecule has 0 radical (unpaired) electrons. The van der Waals surface area contributed by atoms with Crippen LogP contribution in [0.1, 0.15) is 83.6 Å². The maximum Gasteiger partial charge on any atom is 0.416 e. The summed E-state index contributed by atoms with van der Waals surface area (Å²) in [5.74, 6) is -0.00718. The number of carbonyl (C=O) groups is 2. The number of hydrogen-bond donors (Lipinski definition) is 2. The molecule has 2 fully saturated rings. The second-order valence-electron chi connectivity index (χ2n) is 10.5. The molecule has 0 saturated heterocycles. The molecule has 2 aromatic rings. The molecule has 2 saturated carbocycles. The number of halogens is 3. The third-order valence-corrected chi connectivity index (χ3v) is 8.55. The molecule has 0 bridgehead atoms. The Morgan fingerprint density at radius 2 is 1.89 bits per heavy atom. The quantitative estimate of drug-likeness (QED) is 0.472. The molecule has 2 heterocycles. The van der Waals surface area contributed by atoms with Crippen molar-refractivity contribution in [3.05, 3.63) is 45.4 Å². The third-order valence-electron chi connectivity index (χ3n) is 7.57. The third kappa shape index (κ3) is 6.64. The molecule has 1 unspecified atom stereocenters. The van der Waals surface area contributed by atoms with Crippen LogP contribution >= 0.6 is 11.3 Å². The number of thiazole rings is 1. The number of nitrogens with one attached hydrogen (secondary N) is 2. The zero-order chi connectivity index (χ0) is 26.0. The van der Waals surface area contributed by atoms with Gasteiger partial charge in [0.15, 0.2) is 0 Å². The molecule has 2 N–H and O–H groups in total. The van der Waals surface area contributed by atoms with Crippen LogP contribution in [0.2, 0.25) is 0 Å². The summed E-state index contributed by atoms with van der Waals surface area (Å²) in [5, 5.41) is 6.64. The predicted octanol–water partition coefficient (Wildman–Crippen LogP) is 5.46. The zero-order valence-electron chi connectivity index (χ0n) is 20.8. The Morgan fingerprint density at radius 1 is 1.11 bits per heavy atom. The van der Waals surface area contributed by atoms with Crippen molar-refractivity contribution in [1.82, 2.24) is 15.6 Å². The minimum absolute atomic E-state index is 0.114. The van der Waals surface area contributed by atoms with Crippen LogP contribution in [0.25, 0.3) is 0 Å². The molecule has 10 heteroatoms. The van der Waals surface area contributed by atoms with E-state index in [1.807, 2.05) is 4.90 Å². The van der Waals surface area contributed by atoms with Crippen molar-refractivity contribution in [3.8, 4) is 0 Å². The summed E-state index contributed by atoms with van der Waals surface area (Å²) >= 11 is 1.23. The Hall–Kier alpha value is -2.62. The normalized spacial score (nSPS) is 19.3. The van der Waals surface area contributed by atoms with Crippen LogP contribution in [0.3, 0.4) is 0 Å². The van der Waals surface area contributed by atoms with E-state index in [0.717, 1.165) is 63.0 Å². The first-order valence-corrected chi connectivity index (χ1v) is 14.1. The highest BCUT2D eigenvalue weighted by Gasteiger charge is 2.33. The summed E-state index contributed by atoms with van der Waals surface area (Å²) in [6.45, 7) is 0.958. The van der Waals surface area contributed by atoms with Crippen molar-refractivity contribution >= 4 is 28.8 Å². The van der Waals surface area contributed by atoms with Gasteiger partial charge in [-0.15, -0.1) is 11.3 Å². The molecule has 1 aliphatic heterocycles. The Kier molecular flexibility index (Phi) is 7.74. The first-order valence-electron chi connectivity index (χ1n) is 13.3. The summed E-state index contributed by atoms with van der Waals surface area (Å²) in [6, 6.07) is 3.56. The monoisotopic (exact) mass is 534 g/mol. The molecule has 200 valence electrons. The maximum absolute atomic E-state index is 13.3. The maximum atomic E-state index is 13.3. The van der Waals surface area contributed by atoms with E-state index in [1.54, 1.807) is 6.07 Å². The van der Waals surface area contributed by atoms with Gasteiger partial charge >= 0.3 is 6.18 Å². The number of anilines is 1. The second-order valence-corrected chi connectivity index (χ2v) is 11.6. The van der Waals surface area contributed by atoms with Gasteiger partial charge in [0.2, 0.25) is 5.91 Å². The predicted molar refractivity (Wildman–Crippen MR) is 137 cm³/mol. The fourth-order valence-corrected chi connectivity index (χ4v) is 6.23. The van der Waals surface area contributed by atoms with Crippen LogP contribution < -0.4 is 15.5 Å². The highest BCUT2D eigenvalue weighted by atomic mass is 32.1. The summed E-state index contributed by atoms with van der Waals surface area (Å²) in [4.78, 5) is 32.7. The fourth-order valence-electron chi connectivity index (χ4n) is 5.39. The summed E-state index contributed by atoms with van der Waals surface area (Å²) in [7, 11) is 0. The van der Waals surface area contributed by atoms with E-state index >= 15 is 0 Å². The van der Waals surface area contributed by atoms with Crippen molar-refractivity contribution in [2.75, 3.05) is 11.4 Å². The summed E-state index contributed by atoms with van der Waals surface area (Å²) < 4.78 is 39.9. The van der Waals surface area contributed by atoms with Crippen molar-refractivity contribution in [2.24, 2.45) is 5.92 Å². The largest absolute Gasteiger partial charge is 0.416 e. The van der Waals surface area contributed by atoms with Crippen molar-refractivity contribution in [3.63, 3.8) is 0 Å². The van der Waals surface area contributed by atoms with E-state index in [9.17, 15) is 22.8 Å². The van der Waals surface area contributed by atoms with Crippen LogP contribution in [0.5, 0.6) is 0 Å². The van der Waals surface area contributed by atoms with Crippen molar-refractivity contribution in [2.45, 2.75) is 89.0 Å². The molecule has 2 aliphatic carbocycles. The topological polar surface area (TPSA) is 74.3 Å². The van der Waals surface area contributed by atoms with Crippen molar-refractivity contribution in [1.29, 1.82) is 0 Å². The standard InChI is InChI=1S/C27H33F3N4O2S/c28-27(29,30)19-9-8-18-7-4-12-34(22(18)14-19)16-24-31-15-23(37-24)26(36)33-21(25(35)32-20-10-11-20)13-17-5-2-1-3-6-17/h8-9,14-15,17,20-21H,1-7,10-13,16H2,(H,32,35)(H,33,36). The molecule has 1 aromatic carbocycles. The lowest BCUT2D eigenvalue weighted by atomic mass is 9.84. The Morgan fingerprint density at radius 3 is 2.62 bits per heavy atom. The van der Waals surface area contributed by atoms with Crippen LogP contribution in [-0.4, -0.2) is 35.4 Å². The minimum atomic E-state index is -4.40. The van der Waals surface area contributed by atoms with Crippen LogP contribution in [-0.2, 0) is 23.9 Å².